The zero-order valence-corrected chi connectivity index (χ0v) is 20.6. The lowest BCUT2D eigenvalue weighted by molar-refractivity contribution is 0.102. The van der Waals surface area contributed by atoms with Crippen molar-refractivity contribution in [2.75, 3.05) is 26.0 Å². The second kappa shape index (κ2) is 11.0. The number of phenols is 1. The van der Waals surface area contributed by atoms with Gasteiger partial charge in [0.05, 0.1) is 29.6 Å². The fourth-order valence-corrected chi connectivity index (χ4v) is 4.18. The predicted octanol–water partition coefficient (Wildman–Crippen LogP) is 5.82. The Morgan fingerprint density at radius 3 is 2.86 bits per heavy atom. The van der Waals surface area contributed by atoms with E-state index in [4.69, 9.17) is 14.1 Å². The van der Waals surface area contributed by atoms with Gasteiger partial charge in [-0.3, -0.25) is 9.69 Å². The van der Waals surface area contributed by atoms with Crippen LogP contribution in [0.15, 0.2) is 69.8 Å². The number of nitrogens with zero attached hydrogens (tertiary/aromatic N) is 2. The molecule has 0 saturated heterocycles. The van der Waals surface area contributed by atoms with Crippen LogP contribution < -0.4 is 10.1 Å². The number of anilines is 1. The molecular formula is C27H27N3O4S. The molecule has 0 atom stereocenters. The number of hydrogen-bond acceptors (Lipinski definition) is 7. The number of aromatic hydroxyl groups is 1. The maximum atomic E-state index is 12.5. The number of para-hydroxylation sites is 1. The van der Waals surface area contributed by atoms with E-state index in [-0.39, 0.29) is 11.7 Å². The van der Waals surface area contributed by atoms with Crippen LogP contribution in [0, 0.1) is 6.92 Å². The molecule has 0 aliphatic rings. The summed E-state index contributed by atoms with van der Waals surface area (Å²) in [5.74, 6) is 1.60. The fourth-order valence-electron chi connectivity index (χ4n) is 3.54. The molecule has 4 rings (SSSR count). The van der Waals surface area contributed by atoms with Gasteiger partial charge in [0.2, 0.25) is 5.89 Å². The Bertz CT molecular complexity index is 1330. The number of hydrogen-bond donors (Lipinski definition) is 2. The molecule has 0 aliphatic heterocycles. The minimum absolute atomic E-state index is 0.117. The highest BCUT2D eigenvalue weighted by molar-refractivity contribution is 7.08. The second-order valence-corrected chi connectivity index (χ2v) is 8.84. The third-order valence-electron chi connectivity index (χ3n) is 5.43. The largest absolute Gasteiger partial charge is 0.504 e. The molecule has 7 nitrogen and oxygen atoms in total. The van der Waals surface area contributed by atoms with Gasteiger partial charge in [-0.25, -0.2) is 4.98 Å². The average molecular weight is 490 g/mol. The van der Waals surface area contributed by atoms with E-state index in [1.165, 1.54) is 18.4 Å². The average Bonchev–Trinajstić information content (AvgIpc) is 3.51. The van der Waals surface area contributed by atoms with E-state index < -0.39 is 0 Å². The van der Waals surface area contributed by atoms with Crippen molar-refractivity contribution in [2.24, 2.45) is 0 Å². The lowest BCUT2D eigenvalue weighted by Gasteiger charge is -2.12. The summed E-state index contributed by atoms with van der Waals surface area (Å²) in [4.78, 5) is 19.4. The molecule has 0 spiro atoms. The molecule has 2 aromatic carbocycles. The topological polar surface area (TPSA) is 87.8 Å². The number of benzene rings is 2. The first-order valence-corrected chi connectivity index (χ1v) is 12.0. The van der Waals surface area contributed by atoms with Crippen molar-refractivity contribution < 1.29 is 19.1 Å². The smallest absolute Gasteiger partial charge is 0.256 e. The molecule has 0 unspecified atom stereocenters. The van der Waals surface area contributed by atoms with Crippen molar-refractivity contribution in [2.45, 2.75) is 13.5 Å². The van der Waals surface area contributed by atoms with Crippen LogP contribution in [0.2, 0.25) is 0 Å². The Balaban J connectivity index is 1.43. The monoisotopic (exact) mass is 489 g/mol. The normalized spacial score (nSPS) is 11.3. The molecule has 0 saturated carbocycles. The van der Waals surface area contributed by atoms with E-state index in [1.807, 2.05) is 67.2 Å². The number of thiophene rings is 1. The standard InChI is InChI=1S/C27H27N3O4S/c1-18-23(16-30(2)13-6-7-19-10-11-24(31)25(15-19)33-3)29-27(34-18)21-8-4-5-9-22(21)28-26(32)20-12-14-35-17-20/h4-12,14-15,17,31H,13,16H2,1-3H3,(H,28,32)/b7-6+. The van der Waals surface area contributed by atoms with E-state index in [1.54, 1.807) is 18.2 Å². The number of aryl methyl sites for hydroxylation is 1. The number of aromatic nitrogens is 1. The summed E-state index contributed by atoms with van der Waals surface area (Å²) >= 11 is 1.48. The first kappa shape index (κ1) is 24.3. The number of amides is 1. The Labute approximate surface area is 208 Å². The van der Waals surface area contributed by atoms with Crippen LogP contribution in [-0.2, 0) is 6.54 Å². The Morgan fingerprint density at radius 1 is 1.26 bits per heavy atom. The van der Waals surface area contributed by atoms with Crippen LogP contribution in [0.4, 0.5) is 5.69 Å². The molecule has 2 N–H and O–H groups in total. The van der Waals surface area contributed by atoms with E-state index in [0.29, 0.717) is 36.0 Å². The molecular weight excluding hydrogens is 462 g/mol. The molecule has 4 aromatic rings. The van der Waals surface area contributed by atoms with Crippen LogP contribution in [0.25, 0.3) is 17.5 Å². The zero-order valence-electron chi connectivity index (χ0n) is 19.8. The second-order valence-electron chi connectivity index (χ2n) is 8.06. The molecule has 1 amide bonds. The zero-order chi connectivity index (χ0) is 24.8. The highest BCUT2D eigenvalue weighted by Crippen LogP contribution is 2.30. The van der Waals surface area contributed by atoms with E-state index in [9.17, 15) is 9.90 Å². The van der Waals surface area contributed by atoms with Crippen molar-refractivity contribution >= 4 is 29.0 Å². The van der Waals surface area contributed by atoms with Gasteiger partial charge in [-0.2, -0.15) is 11.3 Å². The summed E-state index contributed by atoms with van der Waals surface area (Å²) in [5.41, 5.74) is 3.77. The van der Waals surface area contributed by atoms with Gasteiger partial charge in [0.1, 0.15) is 5.76 Å². The number of nitrogens with one attached hydrogen (secondary N) is 1. The van der Waals surface area contributed by atoms with Crippen molar-refractivity contribution in [1.29, 1.82) is 0 Å². The third kappa shape index (κ3) is 5.98. The summed E-state index contributed by atoms with van der Waals surface area (Å²) in [6.45, 7) is 3.19. The van der Waals surface area contributed by atoms with Crippen molar-refractivity contribution in [3.63, 3.8) is 0 Å². The number of phenolic OH excluding ortho intramolecular Hbond substituents is 1. The van der Waals surface area contributed by atoms with Gasteiger partial charge in [-0.15, -0.1) is 0 Å². The first-order chi connectivity index (χ1) is 16.9. The summed E-state index contributed by atoms with van der Waals surface area (Å²) < 4.78 is 11.1. The number of oxazole rings is 1. The van der Waals surface area contributed by atoms with E-state index >= 15 is 0 Å². The molecule has 35 heavy (non-hydrogen) atoms. The van der Waals surface area contributed by atoms with Crippen molar-refractivity contribution in [3.05, 3.63) is 87.9 Å². The SMILES string of the molecule is COc1cc(/C=C/CN(C)Cc2nc(-c3ccccc3NC(=O)c3ccsc3)oc2C)ccc1O. The fraction of sp³-hybridized carbons (Fsp3) is 0.185. The van der Waals surface area contributed by atoms with Gasteiger partial charge < -0.3 is 19.6 Å². The van der Waals surface area contributed by atoms with Crippen LogP contribution in [0.3, 0.4) is 0 Å². The summed E-state index contributed by atoms with van der Waals surface area (Å²) in [7, 11) is 3.53. The molecule has 0 bridgehead atoms. The lowest BCUT2D eigenvalue weighted by atomic mass is 10.1. The lowest BCUT2D eigenvalue weighted by Crippen LogP contribution is -2.18. The quantitative estimate of drug-likeness (QED) is 0.308. The molecule has 0 radical (unpaired) electrons. The van der Waals surface area contributed by atoms with Crippen LogP contribution in [0.5, 0.6) is 11.5 Å². The maximum absolute atomic E-state index is 12.5. The van der Waals surface area contributed by atoms with Crippen molar-refractivity contribution in [3.8, 4) is 23.0 Å². The van der Waals surface area contributed by atoms with Crippen LogP contribution in [-0.4, -0.2) is 41.6 Å². The summed E-state index contributed by atoms with van der Waals surface area (Å²) in [6.07, 6.45) is 4.02. The maximum Gasteiger partial charge on any atom is 0.256 e. The molecule has 0 fully saturated rings. The van der Waals surface area contributed by atoms with Crippen LogP contribution in [0.1, 0.15) is 27.4 Å². The van der Waals surface area contributed by atoms with Gasteiger partial charge in [-0.05, 0) is 55.2 Å². The minimum atomic E-state index is -0.167. The minimum Gasteiger partial charge on any atom is -0.504 e. The summed E-state index contributed by atoms with van der Waals surface area (Å²) in [6, 6.07) is 14.5. The molecule has 2 aromatic heterocycles. The molecule has 8 heteroatoms. The molecule has 0 aliphatic carbocycles. The number of carbonyl (C=O) groups is 1. The van der Waals surface area contributed by atoms with Gasteiger partial charge in [0.25, 0.3) is 5.91 Å². The number of rotatable bonds is 9. The summed E-state index contributed by atoms with van der Waals surface area (Å²) in [5, 5.41) is 16.4. The Kier molecular flexibility index (Phi) is 7.64. The molecule has 180 valence electrons. The highest BCUT2D eigenvalue weighted by Gasteiger charge is 2.17. The van der Waals surface area contributed by atoms with Gasteiger partial charge in [-0.1, -0.05) is 30.4 Å². The van der Waals surface area contributed by atoms with E-state index in [2.05, 4.69) is 10.2 Å². The van der Waals surface area contributed by atoms with Gasteiger partial charge >= 0.3 is 0 Å². The number of likely N-dealkylation sites (N-methyl/N-ethyl adjacent to an activating group) is 1. The number of methoxy groups -OCH3 is 1. The Morgan fingerprint density at radius 2 is 2.09 bits per heavy atom. The van der Waals surface area contributed by atoms with Gasteiger partial charge in [0, 0.05) is 18.5 Å². The number of carbonyl (C=O) groups excluding carboxylic acids is 1. The van der Waals surface area contributed by atoms with Crippen molar-refractivity contribution in [1.82, 2.24) is 9.88 Å². The highest BCUT2D eigenvalue weighted by atomic mass is 32.1. The van der Waals surface area contributed by atoms with Gasteiger partial charge in [0.15, 0.2) is 11.5 Å². The first-order valence-electron chi connectivity index (χ1n) is 11.1. The molecule has 2 heterocycles. The predicted molar refractivity (Wildman–Crippen MR) is 139 cm³/mol. The number of ether oxygens (including phenoxy) is 1. The third-order valence-corrected chi connectivity index (χ3v) is 6.12. The van der Waals surface area contributed by atoms with E-state index in [0.717, 1.165) is 22.6 Å². The Hall–Kier alpha value is -3.88. The van der Waals surface area contributed by atoms with Crippen LogP contribution >= 0.6 is 11.3 Å².